The minimum absolute atomic E-state index is 0.00159. The van der Waals surface area contributed by atoms with Gasteiger partial charge in [-0.2, -0.15) is 11.3 Å². The van der Waals surface area contributed by atoms with E-state index < -0.39 is 17.9 Å². The Labute approximate surface area is 90.9 Å². The van der Waals surface area contributed by atoms with Crippen molar-refractivity contribution in [1.82, 2.24) is 5.32 Å². The van der Waals surface area contributed by atoms with Gasteiger partial charge in [0.2, 0.25) is 0 Å². The second kappa shape index (κ2) is 4.62. The van der Waals surface area contributed by atoms with E-state index in [1.807, 2.05) is 0 Å². The summed E-state index contributed by atoms with van der Waals surface area (Å²) in [5.74, 6) is 0.755. The van der Waals surface area contributed by atoms with Gasteiger partial charge in [0.05, 0.1) is 17.2 Å². The monoisotopic (exact) mass is 223 g/mol. The lowest BCUT2D eigenvalue weighted by Gasteiger charge is -2.06. The third kappa shape index (κ3) is 2.58. The summed E-state index contributed by atoms with van der Waals surface area (Å²) in [6.45, 7) is 1.64. The number of carboxylic acid groups (broad SMARTS) is 1. The molecule has 0 aromatic carbocycles. The highest BCUT2D eigenvalue weighted by Gasteiger charge is 2.18. The molecule has 1 atom stereocenters. The van der Waals surface area contributed by atoms with Crippen LogP contribution in [0.5, 0.6) is 0 Å². The van der Waals surface area contributed by atoms with Crippen molar-refractivity contribution in [2.75, 3.05) is 0 Å². The Hall–Kier alpha value is -1.80. The number of hydrogen-bond donors (Lipinski definition) is 2. The third-order valence-corrected chi connectivity index (χ3v) is 2.48. The molecule has 0 spiro atoms. The molecule has 1 aromatic rings. The van der Waals surface area contributed by atoms with Crippen LogP contribution >= 0.6 is 11.3 Å². The van der Waals surface area contributed by atoms with Crippen LogP contribution < -0.4 is 5.32 Å². The van der Waals surface area contributed by atoms with Gasteiger partial charge in [0.15, 0.2) is 0 Å². The lowest BCUT2D eigenvalue weighted by Crippen LogP contribution is -2.31. The normalized spacial score (nSPS) is 11.5. The van der Waals surface area contributed by atoms with Crippen molar-refractivity contribution in [3.63, 3.8) is 0 Å². The first-order chi connectivity index (χ1) is 7.06. The average Bonchev–Trinajstić information content (AvgIpc) is 2.65. The maximum absolute atomic E-state index is 11.5. The zero-order chi connectivity index (χ0) is 11.4. The smallest absolute Gasteiger partial charge is 0.337 e. The third-order valence-electron chi connectivity index (χ3n) is 1.73. The number of amides is 1. The molecule has 78 valence electrons. The molecule has 0 saturated heterocycles. The van der Waals surface area contributed by atoms with E-state index in [0.717, 1.165) is 11.3 Å². The summed E-state index contributed by atoms with van der Waals surface area (Å²) in [5, 5.41) is 14.2. The van der Waals surface area contributed by atoms with Gasteiger partial charge in [-0.05, 0) is 6.92 Å². The fraction of sp³-hybridized carbons (Fsp3) is 0.200. The number of terminal acetylenes is 1. The van der Waals surface area contributed by atoms with E-state index in [1.165, 1.54) is 10.8 Å². The standard InChI is InChI=1S/C10H9NO3S/c1-3-6(2)11-9(12)7-4-15-5-8(7)10(13)14/h1,4-6H,2H3,(H,11,12)(H,13,14). The summed E-state index contributed by atoms with van der Waals surface area (Å²) in [6.07, 6.45) is 5.09. The molecule has 0 saturated carbocycles. The zero-order valence-electron chi connectivity index (χ0n) is 7.98. The molecule has 0 radical (unpaired) electrons. The molecule has 15 heavy (non-hydrogen) atoms. The van der Waals surface area contributed by atoms with E-state index in [-0.39, 0.29) is 11.1 Å². The first-order valence-corrected chi connectivity index (χ1v) is 5.07. The van der Waals surface area contributed by atoms with Crippen molar-refractivity contribution in [2.24, 2.45) is 0 Å². The van der Waals surface area contributed by atoms with E-state index in [4.69, 9.17) is 11.5 Å². The van der Waals surface area contributed by atoms with Crippen LogP contribution in [0.1, 0.15) is 27.6 Å². The molecule has 0 aliphatic heterocycles. The molecule has 0 bridgehead atoms. The highest BCUT2D eigenvalue weighted by atomic mass is 32.1. The molecule has 2 N–H and O–H groups in total. The highest BCUT2D eigenvalue weighted by Crippen LogP contribution is 2.14. The fourth-order valence-electron chi connectivity index (χ4n) is 0.955. The van der Waals surface area contributed by atoms with Gasteiger partial charge in [-0.15, -0.1) is 6.42 Å². The van der Waals surface area contributed by atoms with E-state index in [0.29, 0.717) is 0 Å². The molecule has 0 fully saturated rings. The fourth-order valence-corrected chi connectivity index (χ4v) is 1.76. The number of carbonyl (C=O) groups is 2. The average molecular weight is 223 g/mol. The Kier molecular flexibility index (Phi) is 3.47. The SMILES string of the molecule is C#CC(C)NC(=O)c1cscc1C(=O)O. The Morgan fingerprint density at radius 3 is 2.67 bits per heavy atom. The quantitative estimate of drug-likeness (QED) is 0.756. The molecule has 5 heteroatoms. The second-order valence-corrected chi connectivity index (χ2v) is 3.61. The van der Waals surface area contributed by atoms with Crippen LogP contribution in [0.15, 0.2) is 10.8 Å². The number of carbonyl (C=O) groups excluding carboxylic acids is 1. The van der Waals surface area contributed by atoms with Crippen LogP contribution in [0.4, 0.5) is 0 Å². The van der Waals surface area contributed by atoms with Crippen LogP contribution in [0.25, 0.3) is 0 Å². The van der Waals surface area contributed by atoms with Crippen molar-refractivity contribution in [3.8, 4) is 12.3 Å². The summed E-state index contributed by atoms with van der Waals surface area (Å²) in [7, 11) is 0. The van der Waals surface area contributed by atoms with Gasteiger partial charge in [0.1, 0.15) is 0 Å². The molecular weight excluding hydrogens is 214 g/mol. The summed E-state index contributed by atoms with van der Waals surface area (Å²) >= 11 is 1.16. The number of rotatable bonds is 3. The second-order valence-electron chi connectivity index (χ2n) is 2.87. The number of aromatic carboxylic acids is 1. The van der Waals surface area contributed by atoms with E-state index >= 15 is 0 Å². The van der Waals surface area contributed by atoms with Gasteiger partial charge in [0.25, 0.3) is 5.91 Å². The highest BCUT2D eigenvalue weighted by molar-refractivity contribution is 7.08. The summed E-state index contributed by atoms with van der Waals surface area (Å²) in [4.78, 5) is 22.3. The maximum Gasteiger partial charge on any atom is 0.337 e. The lowest BCUT2D eigenvalue weighted by atomic mass is 10.2. The largest absolute Gasteiger partial charge is 0.478 e. The molecule has 4 nitrogen and oxygen atoms in total. The van der Waals surface area contributed by atoms with Gasteiger partial charge in [-0.3, -0.25) is 4.79 Å². The van der Waals surface area contributed by atoms with E-state index in [9.17, 15) is 9.59 Å². The molecule has 1 amide bonds. The van der Waals surface area contributed by atoms with Crippen LogP contribution in [-0.2, 0) is 0 Å². The Balaban J connectivity index is 2.88. The van der Waals surface area contributed by atoms with Gasteiger partial charge < -0.3 is 10.4 Å². The zero-order valence-corrected chi connectivity index (χ0v) is 8.80. The Morgan fingerprint density at radius 2 is 2.13 bits per heavy atom. The Bertz CT molecular complexity index is 430. The summed E-state index contributed by atoms with van der Waals surface area (Å²) in [6, 6.07) is -0.418. The topological polar surface area (TPSA) is 66.4 Å². The summed E-state index contributed by atoms with van der Waals surface area (Å²) < 4.78 is 0. The van der Waals surface area contributed by atoms with Crippen molar-refractivity contribution < 1.29 is 14.7 Å². The number of carboxylic acids is 1. The predicted molar refractivity (Wildman–Crippen MR) is 57.0 cm³/mol. The molecule has 1 rings (SSSR count). The molecule has 1 heterocycles. The first-order valence-electron chi connectivity index (χ1n) is 4.12. The van der Waals surface area contributed by atoms with Crippen LogP contribution in [0, 0.1) is 12.3 Å². The molecule has 1 aromatic heterocycles. The van der Waals surface area contributed by atoms with Crippen molar-refractivity contribution in [2.45, 2.75) is 13.0 Å². The number of nitrogens with one attached hydrogen (secondary N) is 1. The van der Waals surface area contributed by atoms with Gasteiger partial charge in [0, 0.05) is 10.8 Å². The van der Waals surface area contributed by atoms with Gasteiger partial charge in [-0.1, -0.05) is 5.92 Å². The van der Waals surface area contributed by atoms with E-state index in [2.05, 4.69) is 11.2 Å². The minimum atomic E-state index is -1.12. The number of hydrogen-bond acceptors (Lipinski definition) is 3. The van der Waals surface area contributed by atoms with Crippen molar-refractivity contribution in [1.29, 1.82) is 0 Å². The molecule has 0 aliphatic carbocycles. The van der Waals surface area contributed by atoms with Crippen molar-refractivity contribution in [3.05, 3.63) is 21.9 Å². The maximum atomic E-state index is 11.5. The molecule has 1 unspecified atom stereocenters. The van der Waals surface area contributed by atoms with Crippen molar-refractivity contribution >= 4 is 23.2 Å². The molecule has 0 aliphatic rings. The van der Waals surface area contributed by atoms with Crippen LogP contribution in [0.2, 0.25) is 0 Å². The Morgan fingerprint density at radius 1 is 1.53 bits per heavy atom. The number of thiophene rings is 1. The van der Waals surface area contributed by atoms with E-state index in [1.54, 1.807) is 6.92 Å². The molecular formula is C10H9NO3S. The summed E-state index contributed by atoms with van der Waals surface area (Å²) in [5.41, 5.74) is 0.149. The minimum Gasteiger partial charge on any atom is -0.478 e. The van der Waals surface area contributed by atoms with Gasteiger partial charge >= 0.3 is 5.97 Å². The first kappa shape index (κ1) is 11.3. The predicted octanol–water partition coefficient (Wildman–Crippen LogP) is 1.20. The van der Waals surface area contributed by atoms with Crippen LogP contribution in [-0.4, -0.2) is 23.0 Å². The lowest BCUT2D eigenvalue weighted by molar-refractivity contribution is 0.0691. The van der Waals surface area contributed by atoms with Gasteiger partial charge in [-0.25, -0.2) is 4.79 Å². The van der Waals surface area contributed by atoms with Crippen LogP contribution in [0.3, 0.4) is 0 Å².